The number of hydrogen-bond acceptors (Lipinski definition) is 1. The molecule has 2 aromatic rings. The van der Waals surface area contributed by atoms with E-state index in [9.17, 15) is 0 Å². The van der Waals surface area contributed by atoms with Crippen LogP contribution in [0.5, 0.6) is 0 Å². The van der Waals surface area contributed by atoms with Gasteiger partial charge in [0.2, 0.25) is 0 Å². The van der Waals surface area contributed by atoms with Crippen LogP contribution in [0.4, 0.5) is 5.69 Å². The first kappa shape index (κ1) is 10.8. The number of benzene rings is 2. The number of hydrogen-bond donors (Lipinski definition) is 0. The Balaban J connectivity index is 2.14. The molecule has 0 unspecified atom stereocenters. The van der Waals surface area contributed by atoms with Crippen LogP contribution in [-0.4, -0.2) is 15.0 Å². The molecule has 0 bridgehead atoms. The third-order valence-electron chi connectivity index (χ3n) is 1.98. The summed E-state index contributed by atoms with van der Waals surface area (Å²) in [6.45, 7) is 0. The Hall–Kier alpha value is -1.73. The molecule has 0 heterocycles. The Labute approximate surface area is 99.9 Å². The second-order valence-electron chi connectivity index (χ2n) is 3.10. The van der Waals surface area contributed by atoms with Crippen LogP contribution in [-0.2, 0) is 0 Å². The van der Waals surface area contributed by atoms with Gasteiger partial charge in [-0.1, -0.05) is 0 Å². The van der Waals surface area contributed by atoms with Gasteiger partial charge in [0, 0.05) is 0 Å². The minimum absolute atomic E-state index is 0.316. The first-order valence-electron chi connectivity index (χ1n) is 4.76. The Morgan fingerprint density at radius 1 is 0.875 bits per heavy atom. The van der Waals surface area contributed by atoms with Gasteiger partial charge in [0.1, 0.15) is 0 Å². The average Bonchev–Trinajstić information content (AvgIpc) is 2.33. The first-order chi connectivity index (χ1) is 7.88. The van der Waals surface area contributed by atoms with E-state index in [2.05, 4.69) is 22.2 Å². The van der Waals surface area contributed by atoms with Crippen molar-refractivity contribution in [1.29, 1.82) is 0 Å². The summed E-state index contributed by atoms with van der Waals surface area (Å²) in [5.41, 5.74) is 8.95. The van der Waals surface area contributed by atoms with Gasteiger partial charge in [0.15, 0.2) is 0 Å². The van der Waals surface area contributed by atoms with E-state index in [-0.39, 0.29) is 0 Å². The molecule has 4 heteroatoms. The summed E-state index contributed by atoms with van der Waals surface area (Å²) in [5, 5.41) is 3.54. The summed E-state index contributed by atoms with van der Waals surface area (Å²) in [6, 6.07) is 18.1. The fourth-order valence-corrected chi connectivity index (χ4v) is 3.01. The van der Waals surface area contributed by atoms with Crippen LogP contribution in [0.1, 0.15) is 0 Å². The van der Waals surface area contributed by atoms with Crippen molar-refractivity contribution in [1.82, 2.24) is 0 Å². The van der Waals surface area contributed by atoms with E-state index in [1.54, 1.807) is 0 Å². The van der Waals surface area contributed by atoms with Gasteiger partial charge in [-0.2, -0.15) is 0 Å². The molecule has 0 amide bonds. The predicted molar refractivity (Wildman–Crippen MR) is 66.7 cm³/mol. The van der Waals surface area contributed by atoms with Crippen molar-refractivity contribution in [3.63, 3.8) is 0 Å². The Morgan fingerprint density at radius 2 is 1.50 bits per heavy atom. The van der Waals surface area contributed by atoms with Crippen molar-refractivity contribution in [3.8, 4) is 0 Å². The molecular weight excluding hydrogens is 265 g/mol. The molecule has 2 rings (SSSR count). The standard InChI is InChI=1S/C12H9N3Se/c13-15-14-10-6-8-12(9-7-10)16-11-4-2-1-3-5-11/h1-9H. The molecule has 0 aliphatic carbocycles. The quantitative estimate of drug-likeness (QED) is 0.357. The summed E-state index contributed by atoms with van der Waals surface area (Å²) in [7, 11) is 0. The summed E-state index contributed by atoms with van der Waals surface area (Å²) in [5.74, 6) is 0. The molecule has 0 aliphatic heterocycles. The van der Waals surface area contributed by atoms with Gasteiger partial charge in [-0.05, 0) is 0 Å². The van der Waals surface area contributed by atoms with Crippen LogP contribution in [0.2, 0.25) is 0 Å². The molecule has 3 nitrogen and oxygen atoms in total. The van der Waals surface area contributed by atoms with Crippen molar-refractivity contribution in [2.45, 2.75) is 0 Å². The fourth-order valence-electron chi connectivity index (χ4n) is 1.26. The molecule has 0 spiro atoms. The summed E-state index contributed by atoms with van der Waals surface area (Å²) < 4.78 is 2.61. The SMILES string of the molecule is [N-]=[N+]=Nc1ccc([Se]c2ccccc2)cc1. The van der Waals surface area contributed by atoms with Crippen LogP contribution in [0.25, 0.3) is 10.4 Å². The molecule has 0 saturated carbocycles. The zero-order chi connectivity index (χ0) is 11.2. The maximum absolute atomic E-state index is 8.29. The van der Waals surface area contributed by atoms with Crippen molar-refractivity contribution < 1.29 is 0 Å². The van der Waals surface area contributed by atoms with E-state index < -0.39 is 0 Å². The molecular formula is C12H9N3Se. The summed E-state index contributed by atoms with van der Waals surface area (Å²) >= 11 is 0.316. The second-order valence-corrected chi connectivity index (χ2v) is 5.50. The Bertz CT molecular complexity index is 502. The van der Waals surface area contributed by atoms with E-state index in [0.29, 0.717) is 20.6 Å². The average molecular weight is 274 g/mol. The van der Waals surface area contributed by atoms with Crippen molar-refractivity contribution >= 4 is 29.6 Å². The van der Waals surface area contributed by atoms with E-state index in [4.69, 9.17) is 5.53 Å². The van der Waals surface area contributed by atoms with Crippen molar-refractivity contribution in [3.05, 3.63) is 65.0 Å². The van der Waals surface area contributed by atoms with Gasteiger partial charge in [-0.25, -0.2) is 0 Å². The predicted octanol–water partition coefficient (Wildman–Crippen LogP) is 2.28. The topological polar surface area (TPSA) is 48.8 Å². The van der Waals surface area contributed by atoms with Crippen LogP contribution in [0.15, 0.2) is 59.7 Å². The van der Waals surface area contributed by atoms with Gasteiger partial charge in [-0.3, -0.25) is 0 Å². The Morgan fingerprint density at radius 3 is 2.12 bits per heavy atom. The first-order valence-corrected chi connectivity index (χ1v) is 6.48. The minimum atomic E-state index is 0.316. The molecule has 0 aliphatic rings. The van der Waals surface area contributed by atoms with E-state index >= 15 is 0 Å². The normalized spacial score (nSPS) is 9.50. The molecule has 0 aromatic heterocycles. The molecule has 78 valence electrons. The molecule has 2 aromatic carbocycles. The van der Waals surface area contributed by atoms with E-state index in [1.165, 1.54) is 8.92 Å². The zero-order valence-corrected chi connectivity index (χ0v) is 10.2. The number of rotatable bonds is 3. The van der Waals surface area contributed by atoms with Crippen molar-refractivity contribution in [2.24, 2.45) is 5.11 Å². The molecule has 0 N–H and O–H groups in total. The van der Waals surface area contributed by atoms with Crippen LogP contribution < -0.4 is 8.92 Å². The summed E-state index contributed by atoms with van der Waals surface area (Å²) in [4.78, 5) is 2.75. The van der Waals surface area contributed by atoms with Crippen LogP contribution in [0, 0.1) is 0 Å². The third kappa shape index (κ3) is 2.88. The van der Waals surface area contributed by atoms with Crippen LogP contribution >= 0.6 is 0 Å². The van der Waals surface area contributed by atoms with Gasteiger partial charge in [0.05, 0.1) is 0 Å². The zero-order valence-electron chi connectivity index (χ0n) is 8.45. The van der Waals surface area contributed by atoms with Crippen LogP contribution in [0.3, 0.4) is 0 Å². The number of azide groups is 1. The molecule has 0 atom stereocenters. The van der Waals surface area contributed by atoms with Gasteiger partial charge < -0.3 is 0 Å². The van der Waals surface area contributed by atoms with Gasteiger partial charge in [0.25, 0.3) is 0 Å². The van der Waals surface area contributed by atoms with Gasteiger partial charge >= 0.3 is 99.7 Å². The molecule has 0 radical (unpaired) electrons. The second kappa shape index (κ2) is 5.38. The van der Waals surface area contributed by atoms with E-state index in [1.807, 2.05) is 42.5 Å². The van der Waals surface area contributed by atoms with Gasteiger partial charge in [-0.15, -0.1) is 0 Å². The monoisotopic (exact) mass is 275 g/mol. The third-order valence-corrected chi connectivity index (χ3v) is 4.11. The maximum atomic E-state index is 8.29. The number of nitrogens with zero attached hydrogens (tertiary/aromatic N) is 3. The molecule has 0 saturated heterocycles. The molecule has 16 heavy (non-hydrogen) atoms. The Kier molecular flexibility index (Phi) is 3.62. The molecule has 0 fully saturated rings. The summed E-state index contributed by atoms with van der Waals surface area (Å²) in [6.07, 6.45) is 0. The van der Waals surface area contributed by atoms with E-state index in [0.717, 1.165) is 0 Å². The fraction of sp³-hybridized carbons (Fsp3) is 0. The van der Waals surface area contributed by atoms with Crippen molar-refractivity contribution in [2.75, 3.05) is 0 Å².